The summed E-state index contributed by atoms with van der Waals surface area (Å²) in [6, 6.07) is 0. The van der Waals surface area contributed by atoms with Gasteiger partial charge in [-0.1, -0.05) is 0 Å². The second-order valence-corrected chi connectivity index (χ2v) is 0.651. The van der Waals surface area contributed by atoms with Gasteiger partial charge in [-0.25, -0.2) is 0 Å². The molecule has 0 spiro atoms. The molecule has 0 aromatic rings. The van der Waals surface area contributed by atoms with Crippen LogP contribution in [0, 0.1) is 35.6 Å². The van der Waals surface area contributed by atoms with E-state index in [4.69, 9.17) is 13.0 Å². The Bertz CT molecular complexity index is 55.3. The fourth-order valence-corrected chi connectivity index (χ4v) is 0. The van der Waals surface area contributed by atoms with Gasteiger partial charge in [-0.15, -0.1) is 0 Å². The number of hydrogen-bond donors (Lipinski definition) is 1. The van der Waals surface area contributed by atoms with Gasteiger partial charge in [-0.05, 0) is 0 Å². The van der Waals surface area contributed by atoms with Crippen LogP contribution in [0.2, 0.25) is 0 Å². The van der Waals surface area contributed by atoms with Crippen molar-refractivity contribution in [3.05, 3.63) is 0 Å². The van der Waals surface area contributed by atoms with Crippen molar-refractivity contribution < 1.29 is 48.6 Å². The van der Waals surface area contributed by atoms with E-state index in [2.05, 4.69) is 0 Å². The molecule has 0 rings (SSSR count). The van der Waals surface area contributed by atoms with Crippen molar-refractivity contribution in [2.75, 3.05) is 0 Å². The molecular weight excluding hydrogens is 219 g/mol. The molecule has 0 aliphatic heterocycles. The van der Waals surface area contributed by atoms with Gasteiger partial charge in [0.15, 0.2) is 0 Å². The topological polar surface area (TPSA) is 54.4 Å². The van der Waals surface area contributed by atoms with E-state index in [0.29, 0.717) is 0 Å². The maximum Gasteiger partial charge on any atom is 0.0495 e. The van der Waals surface area contributed by atoms with Crippen molar-refractivity contribution in [3.63, 3.8) is 0 Å². The van der Waals surface area contributed by atoms with Gasteiger partial charge in [0.05, 0.1) is 0 Å². The summed E-state index contributed by atoms with van der Waals surface area (Å²) >= 11 is 0. The minimum absolute atomic E-state index is 0. The van der Waals surface area contributed by atoms with Gasteiger partial charge in [0.2, 0.25) is 0 Å². The summed E-state index contributed by atoms with van der Waals surface area (Å²) in [7, 11) is -2.86. The molecule has 0 unspecified atom stereocenters. The van der Waals surface area contributed by atoms with Crippen LogP contribution in [-0.4, -0.2) is 4.55 Å². The summed E-state index contributed by atoms with van der Waals surface area (Å²) in [5, 5.41) is 0. The Labute approximate surface area is 59.1 Å². The van der Waals surface area contributed by atoms with Gasteiger partial charge in [0.1, 0.15) is 0 Å². The van der Waals surface area contributed by atoms with Crippen molar-refractivity contribution in [1.29, 1.82) is 0 Å². The molecule has 1 N–H and O–H groups in total. The van der Waals surface area contributed by atoms with Crippen LogP contribution >= 0.6 is 0 Å². The molecule has 5 heteroatoms. The summed E-state index contributed by atoms with van der Waals surface area (Å²) in [5.74, 6) is 0. The van der Waals surface area contributed by atoms with Crippen molar-refractivity contribution in [2.45, 2.75) is 0 Å². The minimum Gasteiger partial charge on any atom is -0.439 e. The third-order valence-electron chi connectivity index (χ3n) is 0. The van der Waals surface area contributed by atoms with Gasteiger partial charge < -0.3 is 13.0 Å². The minimum atomic E-state index is -2.86. The standard InChI is InChI=1S/La.HO3S/c;1-4(2)3/h;(H,1,2,3)/q;-1. The molecule has 0 saturated heterocycles. The van der Waals surface area contributed by atoms with Crippen molar-refractivity contribution in [2.24, 2.45) is 0 Å². The van der Waals surface area contributed by atoms with Gasteiger partial charge in [0.25, 0.3) is 0 Å². The van der Waals surface area contributed by atoms with Crippen molar-refractivity contribution in [3.8, 4) is 0 Å². The Morgan fingerprint density at radius 2 is 1.40 bits per heavy atom. The first-order valence-corrected chi connectivity index (χ1v) is 1.55. The Balaban J connectivity index is 0. The Morgan fingerprint density at radius 3 is 1.40 bits per heavy atom. The largest absolute Gasteiger partial charge is 0.439 e. The second-order valence-electron chi connectivity index (χ2n) is 0.217. The van der Waals surface area contributed by atoms with E-state index in [1.54, 1.807) is 0 Å². The van der Waals surface area contributed by atoms with E-state index < -0.39 is 11.0 Å². The fraction of sp³-hybridized carbons (Fsp3) is 0. The molecule has 0 amide bonds. The van der Waals surface area contributed by atoms with Crippen LogP contribution in [0.3, 0.4) is 0 Å². The van der Waals surface area contributed by atoms with Gasteiger partial charge in [0, 0.05) is 46.6 Å². The maximum absolute atomic E-state index is 8.56. The Morgan fingerprint density at radius 1 is 1.40 bits per heavy atom. The molecule has 0 fully saturated rings. The van der Waals surface area contributed by atoms with E-state index in [-0.39, 0.29) is 35.6 Å². The predicted molar refractivity (Wildman–Crippen MR) is 11.4 cm³/mol. The quantitative estimate of drug-likeness (QED) is 0.348. The zero-order valence-corrected chi connectivity index (χ0v) is 6.69. The third kappa shape index (κ3) is 40.3. The van der Waals surface area contributed by atoms with Crippen molar-refractivity contribution in [1.82, 2.24) is 0 Å². The predicted octanol–water partition coefficient (Wildman–Crippen LogP) is -0.231. The molecule has 5 heavy (non-hydrogen) atoms. The van der Waals surface area contributed by atoms with Crippen LogP contribution in [-0.2, 0) is 19.4 Å². The smallest absolute Gasteiger partial charge is 0.0495 e. The van der Waals surface area contributed by atoms with E-state index in [9.17, 15) is 0 Å². The first-order valence-electron chi connectivity index (χ1n) is 0.516. The Kier molecular flexibility index (Phi) is 9.64. The van der Waals surface area contributed by atoms with E-state index in [0.717, 1.165) is 0 Å². The van der Waals surface area contributed by atoms with E-state index in [1.165, 1.54) is 0 Å². The molecule has 0 aromatic carbocycles. The van der Waals surface area contributed by atoms with E-state index >= 15 is 0 Å². The molecule has 0 aromatic heterocycles. The van der Waals surface area contributed by atoms with Gasteiger partial charge in [-0.2, -0.15) is 0 Å². The maximum atomic E-state index is 8.56. The SMILES string of the molecule is O=[S-](=O)O.[La]. The zero-order chi connectivity index (χ0) is 3.58. The summed E-state index contributed by atoms with van der Waals surface area (Å²) in [4.78, 5) is 0. The molecule has 0 heterocycles. The van der Waals surface area contributed by atoms with Gasteiger partial charge in [-0.3, -0.25) is 0 Å². The van der Waals surface area contributed by atoms with Crippen LogP contribution < -0.4 is 0 Å². The monoisotopic (exact) mass is 220 g/mol. The summed E-state index contributed by atoms with van der Waals surface area (Å²) < 4.78 is 24.1. The molecule has 0 aliphatic carbocycles. The average Bonchev–Trinajstić information content (AvgIpc) is 0.811. The normalized spacial score (nSPS) is 6.80. The molecule has 29 valence electrons. The molecule has 0 bridgehead atoms. The molecule has 1 radical (unpaired) electrons. The molecular formula is HLaO3S-. The van der Waals surface area contributed by atoms with Gasteiger partial charge >= 0.3 is 0 Å². The van der Waals surface area contributed by atoms with Crippen LogP contribution in [0.25, 0.3) is 0 Å². The molecule has 0 saturated carbocycles. The zero-order valence-electron chi connectivity index (χ0n) is 2.25. The molecule has 0 atom stereocenters. The number of hydrogen-bond acceptors (Lipinski definition) is 3. The third-order valence-corrected chi connectivity index (χ3v) is 0. The molecule has 3 nitrogen and oxygen atoms in total. The first-order chi connectivity index (χ1) is 1.73. The first kappa shape index (κ1) is 9.44. The average molecular weight is 220 g/mol. The fourth-order valence-electron chi connectivity index (χ4n) is 0. The van der Waals surface area contributed by atoms with Crippen LogP contribution in [0.5, 0.6) is 0 Å². The summed E-state index contributed by atoms with van der Waals surface area (Å²) in [6.45, 7) is 0. The molecule has 0 aliphatic rings. The van der Waals surface area contributed by atoms with Crippen molar-refractivity contribution >= 4 is 11.0 Å². The van der Waals surface area contributed by atoms with Crippen LogP contribution in [0.4, 0.5) is 0 Å². The summed E-state index contributed by atoms with van der Waals surface area (Å²) in [5.41, 5.74) is 0. The second kappa shape index (κ2) is 5.10. The summed E-state index contributed by atoms with van der Waals surface area (Å²) in [6.07, 6.45) is 0. The van der Waals surface area contributed by atoms with Crippen LogP contribution in [0.15, 0.2) is 0 Å². The van der Waals surface area contributed by atoms with E-state index in [1.807, 2.05) is 0 Å². The number of rotatable bonds is 0. The van der Waals surface area contributed by atoms with Crippen LogP contribution in [0.1, 0.15) is 0 Å². The Hall–Kier alpha value is 1.10.